The quantitative estimate of drug-likeness (QED) is 0.900. The molecule has 0 saturated carbocycles. The summed E-state index contributed by atoms with van der Waals surface area (Å²) in [5.41, 5.74) is 3.69. The number of aromatic nitrogens is 1. The van der Waals surface area contributed by atoms with Gasteiger partial charge in [0.1, 0.15) is 0 Å². The molecule has 1 aliphatic carbocycles. The summed E-state index contributed by atoms with van der Waals surface area (Å²) in [6.07, 6.45) is 7.08. The molecule has 1 aromatic heterocycles. The van der Waals surface area contributed by atoms with Gasteiger partial charge in [0.15, 0.2) is 0 Å². The van der Waals surface area contributed by atoms with E-state index in [0.717, 1.165) is 35.8 Å². The summed E-state index contributed by atoms with van der Waals surface area (Å²) in [7, 11) is 0. The number of fused-ring (bicyclic) bond motifs is 1. The summed E-state index contributed by atoms with van der Waals surface area (Å²) >= 11 is 3.57. The fourth-order valence-corrected chi connectivity index (χ4v) is 3.05. The zero-order valence-corrected chi connectivity index (χ0v) is 11.7. The maximum Gasteiger partial charge on any atom is 0.0807 e. The Morgan fingerprint density at radius 1 is 1.28 bits per heavy atom. The SMILES string of the molecule is OC1CCCc2cn(Cc3ccccc3Br)cc21. The molecule has 0 spiro atoms. The Hall–Kier alpha value is -1.06. The van der Waals surface area contributed by atoms with Gasteiger partial charge in [-0.05, 0) is 36.5 Å². The van der Waals surface area contributed by atoms with Crippen molar-refractivity contribution < 1.29 is 5.11 Å². The lowest BCUT2D eigenvalue weighted by molar-refractivity contribution is 0.157. The molecule has 1 N–H and O–H groups in total. The molecule has 0 radical (unpaired) electrons. The molecule has 1 atom stereocenters. The first kappa shape index (κ1) is 12.0. The normalized spacial score (nSPS) is 18.7. The number of hydrogen-bond acceptors (Lipinski definition) is 1. The van der Waals surface area contributed by atoms with E-state index < -0.39 is 0 Å². The topological polar surface area (TPSA) is 25.2 Å². The average Bonchev–Trinajstić information content (AvgIpc) is 2.76. The number of nitrogens with zero attached hydrogens (tertiary/aromatic N) is 1. The van der Waals surface area contributed by atoms with Crippen LogP contribution in [-0.4, -0.2) is 9.67 Å². The molecule has 1 aromatic carbocycles. The third-order valence-corrected chi connectivity index (χ3v) is 4.36. The van der Waals surface area contributed by atoms with Crippen LogP contribution in [0.15, 0.2) is 41.1 Å². The van der Waals surface area contributed by atoms with Gasteiger partial charge < -0.3 is 9.67 Å². The van der Waals surface area contributed by atoms with Gasteiger partial charge in [0.25, 0.3) is 0 Å². The molecular weight excluding hydrogens is 290 g/mol. The van der Waals surface area contributed by atoms with Gasteiger partial charge in [0.2, 0.25) is 0 Å². The molecule has 3 rings (SSSR count). The van der Waals surface area contributed by atoms with Gasteiger partial charge in [0.05, 0.1) is 6.10 Å². The van der Waals surface area contributed by atoms with E-state index in [1.165, 1.54) is 11.1 Å². The van der Waals surface area contributed by atoms with E-state index in [-0.39, 0.29) is 6.10 Å². The van der Waals surface area contributed by atoms with Crippen LogP contribution < -0.4 is 0 Å². The number of aliphatic hydroxyl groups is 1. The summed E-state index contributed by atoms with van der Waals surface area (Å²) in [5.74, 6) is 0. The second-order valence-electron chi connectivity index (χ2n) is 4.91. The second kappa shape index (κ2) is 4.90. The molecule has 0 saturated heterocycles. The van der Waals surface area contributed by atoms with Crippen LogP contribution in [0.25, 0.3) is 0 Å². The Kier molecular flexibility index (Phi) is 3.27. The second-order valence-corrected chi connectivity index (χ2v) is 5.76. The first-order valence-corrected chi connectivity index (χ1v) is 7.13. The van der Waals surface area contributed by atoms with Crippen molar-refractivity contribution in [1.82, 2.24) is 4.57 Å². The largest absolute Gasteiger partial charge is 0.388 e. The summed E-state index contributed by atoms with van der Waals surface area (Å²) in [4.78, 5) is 0. The highest BCUT2D eigenvalue weighted by atomic mass is 79.9. The fraction of sp³-hybridized carbons (Fsp3) is 0.333. The van der Waals surface area contributed by atoms with Crippen molar-refractivity contribution >= 4 is 15.9 Å². The van der Waals surface area contributed by atoms with Crippen LogP contribution in [0.1, 0.15) is 35.6 Å². The maximum atomic E-state index is 9.97. The molecule has 1 heterocycles. The van der Waals surface area contributed by atoms with E-state index >= 15 is 0 Å². The summed E-state index contributed by atoms with van der Waals surface area (Å²) in [5, 5.41) is 9.97. The summed E-state index contributed by atoms with van der Waals surface area (Å²) in [6.45, 7) is 0.848. The monoisotopic (exact) mass is 305 g/mol. The fourth-order valence-electron chi connectivity index (χ4n) is 2.64. The van der Waals surface area contributed by atoms with Gasteiger partial charge in [-0.2, -0.15) is 0 Å². The highest BCUT2D eigenvalue weighted by molar-refractivity contribution is 9.10. The Labute approximate surface area is 115 Å². The number of hydrogen-bond donors (Lipinski definition) is 1. The van der Waals surface area contributed by atoms with E-state index in [2.05, 4.69) is 51.1 Å². The van der Waals surface area contributed by atoms with Crippen LogP contribution in [0.2, 0.25) is 0 Å². The van der Waals surface area contributed by atoms with Crippen molar-refractivity contribution in [2.45, 2.75) is 31.9 Å². The van der Waals surface area contributed by atoms with Crippen LogP contribution >= 0.6 is 15.9 Å². The number of halogens is 1. The van der Waals surface area contributed by atoms with Gasteiger partial charge >= 0.3 is 0 Å². The lowest BCUT2D eigenvalue weighted by Crippen LogP contribution is -2.05. The Bertz CT molecular complexity index is 561. The van der Waals surface area contributed by atoms with E-state index in [4.69, 9.17) is 0 Å². The molecule has 2 nitrogen and oxygen atoms in total. The molecule has 1 unspecified atom stereocenters. The van der Waals surface area contributed by atoms with Gasteiger partial charge in [0, 0.05) is 29.0 Å². The van der Waals surface area contributed by atoms with Crippen molar-refractivity contribution in [2.24, 2.45) is 0 Å². The number of rotatable bonds is 2. The smallest absolute Gasteiger partial charge is 0.0807 e. The summed E-state index contributed by atoms with van der Waals surface area (Å²) in [6, 6.07) is 8.27. The van der Waals surface area contributed by atoms with Gasteiger partial charge in [-0.1, -0.05) is 34.1 Å². The first-order chi connectivity index (χ1) is 8.74. The van der Waals surface area contributed by atoms with Crippen molar-refractivity contribution in [3.63, 3.8) is 0 Å². The molecule has 0 fully saturated rings. The molecular formula is C15H16BrNO. The van der Waals surface area contributed by atoms with Crippen LogP contribution in [0.3, 0.4) is 0 Å². The number of aliphatic hydroxyl groups excluding tert-OH is 1. The Balaban J connectivity index is 1.88. The molecule has 0 aliphatic heterocycles. The molecule has 1 aliphatic rings. The molecule has 0 amide bonds. The Morgan fingerprint density at radius 3 is 2.89 bits per heavy atom. The average molecular weight is 306 g/mol. The van der Waals surface area contributed by atoms with E-state index in [1.54, 1.807) is 0 Å². The zero-order chi connectivity index (χ0) is 12.5. The number of benzene rings is 1. The van der Waals surface area contributed by atoms with Crippen LogP contribution in [0, 0.1) is 0 Å². The van der Waals surface area contributed by atoms with Crippen LogP contribution in [0.5, 0.6) is 0 Å². The van der Waals surface area contributed by atoms with Crippen LogP contribution in [0.4, 0.5) is 0 Å². The summed E-state index contributed by atoms with van der Waals surface area (Å²) < 4.78 is 3.32. The number of aryl methyl sites for hydroxylation is 1. The highest BCUT2D eigenvalue weighted by Gasteiger charge is 2.19. The third-order valence-electron chi connectivity index (χ3n) is 3.59. The van der Waals surface area contributed by atoms with Crippen LogP contribution in [-0.2, 0) is 13.0 Å². The van der Waals surface area contributed by atoms with Gasteiger partial charge in [-0.25, -0.2) is 0 Å². The zero-order valence-electron chi connectivity index (χ0n) is 10.1. The lowest BCUT2D eigenvalue weighted by atomic mass is 9.93. The predicted molar refractivity (Wildman–Crippen MR) is 75.6 cm³/mol. The van der Waals surface area contributed by atoms with Crippen molar-refractivity contribution in [3.8, 4) is 0 Å². The minimum atomic E-state index is -0.269. The molecule has 18 heavy (non-hydrogen) atoms. The van der Waals surface area contributed by atoms with Crippen molar-refractivity contribution in [1.29, 1.82) is 0 Å². The Morgan fingerprint density at radius 2 is 2.11 bits per heavy atom. The van der Waals surface area contributed by atoms with Crippen molar-refractivity contribution in [2.75, 3.05) is 0 Å². The minimum absolute atomic E-state index is 0.269. The van der Waals surface area contributed by atoms with Crippen molar-refractivity contribution in [3.05, 3.63) is 57.8 Å². The molecule has 3 heteroatoms. The van der Waals surface area contributed by atoms with E-state index in [0.29, 0.717) is 0 Å². The third kappa shape index (κ3) is 2.25. The first-order valence-electron chi connectivity index (χ1n) is 6.34. The molecule has 2 aromatic rings. The van der Waals surface area contributed by atoms with E-state index in [1.807, 2.05) is 6.07 Å². The molecule has 0 bridgehead atoms. The maximum absolute atomic E-state index is 9.97. The molecule has 94 valence electrons. The van der Waals surface area contributed by atoms with Gasteiger partial charge in [-0.15, -0.1) is 0 Å². The van der Waals surface area contributed by atoms with E-state index in [9.17, 15) is 5.11 Å². The predicted octanol–water partition coefficient (Wildman–Crippen LogP) is 3.67. The highest BCUT2D eigenvalue weighted by Crippen LogP contribution is 2.30. The standard InChI is InChI=1S/C15H16BrNO/c16-14-6-2-1-4-12(14)9-17-8-11-5-3-7-15(18)13(11)10-17/h1-2,4,6,8,10,15,18H,3,5,7,9H2. The van der Waals surface area contributed by atoms with Gasteiger partial charge in [-0.3, -0.25) is 0 Å². The lowest BCUT2D eigenvalue weighted by Gasteiger charge is -2.16. The minimum Gasteiger partial charge on any atom is -0.388 e.